The molecule has 0 spiro atoms. The van der Waals surface area contributed by atoms with Gasteiger partial charge in [-0.3, -0.25) is 0 Å². The highest BCUT2D eigenvalue weighted by Gasteiger charge is 2.36. The lowest BCUT2D eigenvalue weighted by atomic mass is 9.90. The number of hydrogen-bond donors (Lipinski definition) is 2. The normalized spacial score (nSPS) is 13.5. The maximum atomic E-state index is 5.70. The Kier molecular flexibility index (Phi) is 23.4. The highest BCUT2D eigenvalue weighted by Crippen LogP contribution is 2.41. The zero-order valence-electron chi connectivity index (χ0n) is 51.8. The molecule has 0 saturated heterocycles. The third kappa shape index (κ3) is 15.8. The van der Waals surface area contributed by atoms with E-state index >= 15 is 0 Å². The fourth-order valence-corrected chi connectivity index (χ4v) is 13.0. The first-order chi connectivity index (χ1) is 40.4. The predicted molar refractivity (Wildman–Crippen MR) is 344 cm³/mol. The molecule has 2 aromatic heterocycles. The van der Waals surface area contributed by atoms with Gasteiger partial charge < -0.3 is 9.55 Å². The summed E-state index contributed by atoms with van der Waals surface area (Å²) in [5.74, 6) is 4.26. The molecule has 0 aliphatic carbocycles. The Morgan fingerprint density at radius 1 is 0.427 bits per heavy atom. The molecule has 10 heteroatoms. The van der Waals surface area contributed by atoms with Crippen molar-refractivity contribution < 1.29 is 9.56 Å². The number of aryl methyl sites for hydroxylation is 6. The summed E-state index contributed by atoms with van der Waals surface area (Å²) >= 11 is 0. The Labute approximate surface area is 493 Å². The van der Waals surface area contributed by atoms with Crippen LogP contribution >= 0.6 is 0 Å². The van der Waals surface area contributed by atoms with Crippen LogP contribution in [0.25, 0.3) is 21.9 Å². The predicted octanol–water partition coefficient (Wildman–Crippen LogP) is 16.3. The molecule has 0 radical (unpaired) electrons. The van der Waals surface area contributed by atoms with E-state index in [0.29, 0.717) is 23.3 Å². The Morgan fingerprint density at radius 2 is 0.854 bits per heavy atom. The number of hydrogen-bond acceptors (Lipinski definition) is 6. The third-order valence-electron chi connectivity index (χ3n) is 17.8. The first-order valence-electron chi connectivity index (χ1n) is 33.5. The maximum absolute atomic E-state index is 5.70. The molecule has 0 atom stereocenters. The summed E-state index contributed by atoms with van der Waals surface area (Å²) in [6, 6.07) is 14.0. The van der Waals surface area contributed by atoms with Crippen LogP contribution in [0.4, 0.5) is 11.6 Å². The first kappa shape index (κ1) is 60.7. The van der Waals surface area contributed by atoms with Gasteiger partial charge in [0.15, 0.2) is 29.9 Å². The lowest BCUT2D eigenvalue weighted by Gasteiger charge is -2.13. The second kappa shape index (κ2) is 31.7. The van der Waals surface area contributed by atoms with E-state index in [1.54, 1.807) is 0 Å². The molecule has 0 unspecified atom stereocenters. The van der Waals surface area contributed by atoms with Crippen molar-refractivity contribution in [3.63, 3.8) is 0 Å². The summed E-state index contributed by atoms with van der Waals surface area (Å²) in [6.07, 6.45) is 53.5. The van der Waals surface area contributed by atoms with Crippen LogP contribution in [0.15, 0.2) is 86.1 Å². The number of rotatable bonds is 36. The Morgan fingerprint density at radius 3 is 1.35 bits per heavy atom. The zero-order chi connectivity index (χ0) is 56.9. The van der Waals surface area contributed by atoms with Crippen molar-refractivity contribution in [2.24, 2.45) is 39.1 Å². The van der Waals surface area contributed by atoms with Crippen molar-refractivity contribution in [2.75, 3.05) is 0 Å². The van der Waals surface area contributed by atoms with E-state index in [2.05, 4.69) is 122 Å². The average molecular weight is 1110 g/mol. The molecule has 5 aliphatic heterocycles. The van der Waals surface area contributed by atoms with Crippen molar-refractivity contribution >= 4 is 45.8 Å². The summed E-state index contributed by atoms with van der Waals surface area (Å²) in [6.45, 7) is 9.21. The summed E-state index contributed by atoms with van der Waals surface area (Å²) in [7, 11) is 4.18. The Balaban J connectivity index is 1.19. The fraction of sp³-hybridized carbons (Fsp3) is 0.583. The number of aromatic nitrogens is 4. The molecule has 0 fully saturated rings. The van der Waals surface area contributed by atoms with Crippen molar-refractivity contribution in [1.82, 2.24) is 14.5 Å². The molecule has 2 N–H and O–H groups in total. The summed E-state index contributed by atoms with van der Waals surface area (Å²) < 4.78 is 4.23. The van der Waals surface area contributed by atoms with Crippen LogP contribution in [0.3, 0.4) is 0 Å². The minimum absolute atomic E-state index is 0.643. The fourth-order valence-electron chi connectivity index (χ4n) is 13.0. The van der Waals surface area contributed by atoms with Gasteiger partial charge in [-0.15, -0.1) is 0 Å². The van der Waals surface area contributed by atoms with Crippen LogP contribution in [0, 0.1) is 0 Å². The molecule has 0 amide bonds. The number of H-pyrrole nitrogens is 1. The Hall–Kier alpha value is -5.90. The van der Waals surface area contributed by atoms with Crippen molar-refractivity contribution in [3.05, 3.63) is 117 Å². The number of pyridine rings is 2. The number of nitrogens with zero attached hydrogens (tertiary/aromatic N) is 8. The summed E-state index contributed by atoms with van der Waals surface area (Å²) in [4.78, 5) is 41.4. The quantitative estimate of drug-likeness (QED) is 0.0296. The van der Waals surface area contributed by atoms with Crippen molar-refractivity contribution in [2.45, 2.75) is 259 Å². The second-order valence-electron chi connectivity index (χ2n) is 24.7. The molecule has 0 saturated carbocycles. The van der Waals surface area contributed by atoms with Gasteiger partial charge in [-0.05, 0) is 79.7 Å². The van der Waals surface area contributed by atoms with Gasteiger partial charge in [0.1, 0.15) is 18.1 Å². The van der Waals surface area contributed by atoms with E-state index in [1.165, 1.54) is 213 Å². The number of aromatic amines is 1. The lowest BCUT2D eigenvalue weighted by Crippen LogP contribution is -2.74. The number of benzene rings is 2. The summed E-state index contributed by atoms with van der Waals surface area (Å²) in [5, 5.41) is 2.36. The number of nitrogens with one attached hydrogen (secondary N) is 2. The molecule has 10 nitrogen and oxygen atoms in total. The van der Waals surface area contributed by atoms with E-state index < -0.39 is 0 Å². The van der Waals surface area contributed by atoms with Gasteiger partial charge in [-0.2, -0.15) is 4.99 Å². The molecule has 438 valence electrons. The maximum Gasteiger partial charge on any atom is 0.277 e. The van der Waals surface area contributed by atoms with E-state index in [1.807, 2.05) is 0 Å². The van der Waals surface area contributed by atoms with Gasteiger partial charge in [-0.1, -0.05) is 242 Å². The topological polar surface area (TPSA) is 113 Å². The minimum atomic E-state index is 0.643. The molecular weight excluding hydrogens is 1000 g/mol. The number of unbranched alkanes of at least 4 members (excludes halogenated alkanes) is 28. The van der Waals surface area contributed by atoms with Crippen LogP contribution in [0.2, 0.25) is 0 Å². The minimum Gasteiger partial charge on any atom is -0.356 e. The van der Waals surface area contributed by atoms with Crippen LogP contribution in [0.1, 0.15) is 278 Å². The van der Waals surface area contributed by atoms with Gasteiger partial charge in [0.25, 0.3) is 11.7 Å². The SMILES string of the molecule is CCCCCCCCCCc1ccc(CCCCCCCCCC)c2c1C1=NC2=Nc2nc(c3ccn(C)cc2-3)N=c2[nH]c(c3c(CCCCCCCCCC)ccc(CCCCCCCCCC)c23)=NC2=[NH+]C(=N1)c1c[n+](C)ccc12. The molecule has 4 aromatic rings. The van der Waals surface area contributed by atoms with E-state index in [-0.39, 0.29) is 0 Å². The number of fused-ring (bicyclic) bond motifs is 18. The highest BCUT2D eigenvalue weighted by molar-refractivity contribution is 6.27. The molecule has 9 rings (SSSR count). The van der Waals surface area contributed by atoms with Gasteiger partial charge in [0, 0.05) is 53.0 Å². The molecule has 82 heavy (non-hydrogen) atoms. The van der Waals surface area contributed by atoms with Crippen LogP contribution in [-0.2, 0) is 39.8 Å². The van der Waals surface area contributed by atoms with Crippen molar-refractivity contribution in [3.8, 4) is 11.1 Å². The third-order valence-corrected chi connectivity index (χ3v) is 17.8. The molecule has 5 aliphatic rings. The van der Waals surface area contributed by atoms with E-state index in [4.69, 9.17) is 29.9 Å². The smallest absolute Gasteiger partial charge is 0.277 e. The monoisotopic (exact) mass is 1110 g/mol. The van der Waals surface area contributed by atoms with Crippen LogP contribution < -0.4 is 20.5 Å². The first-order valence-corrected chi connectivity index (χ1v) is 33.5. The largest absolute Gasteiger partial charge is 0.356 e. The number of amidine groups is 4. The second-order valence-corrected chi connectivity index (χ2v) is 24.7. The van der Waals surface area contributed by atoms with E-state index in [9.17, 15) is 0 Å². The molecule has 2 aromatic carbocycles. The number of aliphatic imine (C=N–C) groups is 3. The Bertz CT molecular complexity index is 3250. The van der Waals surface area contributed by atoms with Gasteiger partial charge in [-0.25, -0.2) is 24.5 Å². The highest BCUT2D eigenvalue weighted by atomic mass is 15.1. The average Bonchev–Trinajstić information content (AvgIpc) is 4.37. The molecular formula is C72H102N10+2. The standard InChI is InChI=1S/C72H101N10/c1-7-11-15-19-23-27-31-35-39-53-43-44-54(40-36-32-28-24-20-16-12-8-2)62-61(53)69-75-65-57-47-49-81(5)51-59(57)67(73-65)77-71-63-55(41-37-33-29-25-21-17-13-9-3)45-46-56(42-38-34-30-26-22-18-14-10-4)64(63)72(80-71)78-68-60-52-82(6)50-48-58(60)66(74-68)76-70(62)79-69/h43-52H,7-42H2,1-6H3,(H,73,74,75,76,77,78,79,80)/q+1/p+1. The van der Waals surface area contributed by atoms with E-state index in [0.717, 1.165) is 107 Å². The summed E-state index contributed by atoms with van der Waals surface area (Å²) in [5.41, 5.74) is 13.1. The molecule has 7 heterocycles. The molecule has 8 bridgehead atoms. The van der Waals surface area contributed by atoms with Crippen LogP contribution in [0.5, 0.6) is 0 Å². The van der Waals surface area contributed by atoms with Gasteiger partial charge in [0.05, 0.1) is 11.1 Å². The van der Waals surface area contributed by atoms with Crippen molar-refractivity contribution in [1.29, 1.82) is 0 Å². The zero-order valence-corrected chi connectivity index (χ0v) is 51.8. The lowest BCUT2D eigenvalue weighted by molar-refractivity contribution is -0.671. The van der Waals surface area contributed by atoms with Gasteiger partial charge >= 0.3 is 0 Å². The van der Waals surface area contributed by atoms with Gasteiger partial charge in [0.2, 0.25) is 11.3 Å². The van der Waals surface area contributed by atoms with Crippen LogP contribution in [-0.4, -0.2) is 37.9 Å².